The van der Waals surface area contributed by atoms with Gasteiger partial charge in [-0.15, -0.1) is 0 Å². The summed E-state index contributed by atoms with van der Waals surface area (Å²) in [6.07, 6.45) is 1.83. The van der Waals surface area contributed by atoms with Gasteiger partial charge in [-0.1, -0.05) is 79.4 Å². The Morgan fingerprint density at radius 1 is 0.786 bits per heavy atom. The molecule has 0 amide bonds. The van der Waals surface area contributed by atoms with Crippen LogP contribution in [0.25, 0.3) is 6.08 Å². The normalized spacial score (nSPS) is 8.93. The Labute approximate surface area is 168 Å². The Hall–Kier alpha value is -2.94. The summed E-state index contributed by atoms with van der Waals surface area (Å²) in [6.45, 7) is 6.41. The summed E-state index contributed by atoms with van der Waals surface area (Å²) >= 11 is 0. The minimum atomic E-state index is -1.68. The van der Waals surface area contributed by atoms with Crippen molar-refractivity contribution in [3.8, 4) is 11.5 Å². The fourth-order valence-corrected chi connectivity index (χ4v) is 2.43. The third-order valence-electron chi connectivity index (χ3n) is 3.19. The first-order valence-corrected chi connectivity index (χ1v) is 10.0. The topological polar surface area (TPSA) is 51.5 Å². The van der Waals surface area contributed by atoms with Crippen molar-refractivity contribution in [3.63, 3.8) is 0 Å². The first-order chi connectivity index (χ1) is 13.7. The van der Waals surface area contributed by atoms with Gasteiger partial charge in [0, 0.05) is 13.7 Å². The lowest BCUT2D eigenvalue weighted by Crippen LogP contribution is -1.87. The number of benzene rings is 3. The molecule has 0 saturated carbocycles. The highest BCUT2D eigenvalue weighted by molar-refractivity contribution is 7.35. The van der Waals surface area contributed by atoms with Crippen LogP contribution in [0.15, 0.2) is 97.6 Å². The van der Waals surface area contributed by atoms with Crippen molar-refractivity contribution < 1.29 is 13.8 Å². The minimum Gasteiger partial charge on any atom is -0.385 e. The van der Waals surface area contributed by atoms with Gasteiger partial charge in [0.15, 0.2) is 11.5 Å². The minimum absolute atomic E-state index is 0.652. The van der Waals surface area contributed by atoms with Gasteiger partial charge in [0.25, 0.3) is 0 Å². The molecule has 3 aromatic rings. The predicted octanol–water partition coefficient (Wildman–Crippen LogP) is 7.20. The van der Waals surface area contributed by atoms with Gasteiger partial charge in [0.1, 0.15) is 0 Å². The quantitative estimate of drug-likeness (QED) is 0.448. The highest BCUT2D eigenvalue weighted by Crippen LogP contribution is 2.30. The van der Waals surface area contributed by atoms with Crippen LogP contribution in [0.4, 0.5) is 0 Å². The predicted molar refractivity (Wildman–Crippen MR) is 118 cm³/mol. The lowest BCUT2D eigenvalue weighted by molar-refractivity contribution is 0.215. The highest BCUT2D eigenvalue weighted by atomic mass is 31.1. The summed E-state index contributed by atoms with van der Waals surface area (Å²) in [5, 5.41) is 7.67. The molecule has 1 N–H and O–H groups in total. The number of hydrogen-bond acceptors (Lipinski definition) is 4. The number of rotatable bonds is 6. The summed E-state index contributed by atoms with van der Waals surface area (Å²) < 4.78 is 15.2. The molecule has 4 nitrogen and oxygen atoms in total. The molecule has 0 heterocycles. The maximum absolute atomic E-state index is 7.67. The zero-order valence-electron chi connectivity index (χ0n) is 16.3. The molecule has 0 atom stereocenters. The Kier molecular flexibility index (Phi) is 12.5. The fourth-order valence-electron chi connectivity index (χ4n) is 1.76. The van der Waals surface area contributed by atoms with E-state index in [1.807, 2.05) is 79.7 Å². The van der Waals surface area contributed by atoms with E-state index in [2.05, 4.69) is 11.3 Å². The van der Waals surface area contributed by atoms with Gasteiger partial charge in [0.05, 0.1) is 0 Å². The van der Waals surface area contributed by atoms with E-state index in [0.717, 1.165) is 6.61 Å². The van der Waals surface area contributed by atoms with Gasteiger partial charge in [-0.25, -0.2) is 9.05 Å². The molecule has 0 spiro atoms. The maximum atomic E-state index is 7.67. The van der Waals surface area contributed by atoms with Gasteiger partial charge < -0.3 is 4.74 Å². The van der Waals surface area contributed by atoms with E-state index < -0.39 is 8.17 Å². The van der Waals surface area contributed by atoms with Crippen molar-refractivity contribution in [3.05, 3.63) is 103 Å². The average Bonchev–Trinajstić information content (AvgIpc) is 2.76. The monoisotopic (exact) mass is 396 g/mol. The van der Waals surface area contributed by atoms with Crippen LogP contribution in [0.3, 0.4) is 0 Å². The van der Waals surface area contributed by atoms with Crippen molar-refractivity contribution in [2.45, 2.75) is 6.92 Å². The van der Waals surface area contributed by atoms with Crippen molar-refractivity contribution in [1.29, 1.82) is 5.16 Å². The molecule has 0 radical (unpaired) electrons. The summed E-state index contributed by atoms with van der Waals surface area (Å²) in [4.78, 5) is 0. The number of ether oxygens (including phenoxy) is 1. The van der Waals surface area contributed by atoms with Gasteiger partial charge in [-0.3, -0.25) is 0 Å². The second-order valence-electron chi connectivity index (χ2n) is 5.26. The lowest BCUT2D eigenvalue weighted by Gasteiger charge is -1.95. The molecule has 0 saturated heterocycles. The third-order valence-corrected chi connectivity index (χ3v) is 3.94. The summed E-state index contributed by atoms with van der Waals surface area (Å²) in [5.74, 6) is 1.30. The van der Waals surface area contributed by atoms with Crippen LogP contribution in [0, 0.1) is 5.16 Å². The van der Waals surface area contributed by atoms with E-state index in [-0.39, 0.29) is 0 Å². The SMILES string of the molecule is C=Cc1ccccc1.CCOC.N=[P+](Oc1ccccc1)Oc1ccccc1. The number of hydrogen-bond donors (Lipinski definition) is 1. The second-order valence-corrected chi connectivity index (χ2v) is 6.14. The molecule has 0 aliphatic heterocycles. The lowest BCUT2D eigenvalue weighted by atomic mass is 10.2. The van der Waals surface area contributed by atoms with Crippen LogP contribution in [0.1, 0.15) is 12.5 Å². The number of para-hydroxylation sites is 2. The van der Waals surface area contributed by atoms with E-state index in [1.54, 1.807) is 31.4 Å². The van der Waals surface area contributed by atoms with Gasteiger partial charge in [0.2, 0.25) is 0 Å². The second kappa shape index (κ2) is 15.2. The first-order valence-electron chi connectivity index (χ1n) is 8.83. The third kappa shape index (κ3) is 10.9. The van der Waals surface area contributed by atoms with Crippen LogP contribution < -0.4 is 9.05 Å². The van der Waals surface area contributed by atoms with Crippen LogP contribution in [-0.4, -0.2) is 13.7 Å². The average molecular weight is 396 g/mol. The summed E-state index contributed by atoms with van der Waals surface area (Å²) in [7, 11) is -0.00257. The molecule has 0 aromatic heterocycles. The summed E-state index contributed by atoms with van der Waals surface area (Å²) in [5.41, 5.74) is 1.17. The first kappa shape index (κ1) is 23.1. The fraction of sp³-hybridized carbons (Fsp3) is 0.130. The number of nitrogens with one attached hydrogen (secondary N) is 1. The van der Waals surface area contributed by atoms with Gasteiger partial charge in [-0.05, 0) is 41.9 Å². The zero-order chi connectivity index (χ0) is 20.5. The largest absolute Gasteiger partial charge is 0.664 e. The van der Waals surface area contributed by atoms with Gasteiger partial charge >= 0.3 is 8.17 Å². The molecule has 5 heteroatoms. The molecule has 3 aromatic carbocycles. The Morgan fingerprint density at radius 3 is 1.43 bits per heavy atom. The Morgan fingerprint density at radius 2 is 1.14 bits per heavy atom. The van der Waals surface area contributed by atoms with Crippen molar-refractivity contribution >= 4 is 14.2 Å². The maximum Gasteiger partial charge on any atom is 0.664 e. The smallest absolute Gasteiger partial charge is 0.385 e. The molecule has 0 aliphatic carbocycles. The van der Waals surface area contributed by atoms with E-state index in [9.17, 15) is 0 Å². The van der Waals surface area contributed by atoms with Crippen LogP contribution in [-0.2, 0) is 4.74 Å². The standard InChI is InChI=1S/C12H11NO2P.C8H8.C3H8O/c13-16(14-11-7-3-1-4-8-11)15-12-9-5-2-6-10-12;1-2-8-6-4-3-5-7-8;1-3-4-2/h1-10,13H;2-7H,1H2;3H2,1-2H3/q+1;;. The number of methoxy groups -OCH3 is 1. The molecule has 0 unspecified atom stereocenters. The molecule has 0 bridgehead atoms. The van der Waals surface area contributed by atoms with Crippen molar-refractivity contribution in [1.82, 2.24) is 0 Å². The molecule has 0 aliphatic rings. The van der Waals surface area contributed by atoms with E-state index in [1.165, 1.54) is 5.56 Å². The molecule has 0 fully saturated rings. The summed E-state index contributed by atoms with van der Waals surface area (Å²) in [6, 6.07) is 28.5. The van der Waals surface area contributed by atoms with E-state index in [4.69, 9.17) is 14.2 Å². The zero-order valence-corrected chi connectivity index (χ0v) is 17.2. The Balaban J connectivity index is 0.000000272. The molecule has 3 rings (SSSR count). The molecule has 146 valence electrons. The van der Waals surface area contributed by atoms with E-state index >= 15 is 0 Å². The van der Waals surface area contributed by atoms with Crippen molar-refractivity contribution in [2.24, 2.45) is 0 Å². The van der Waals surface area contributed by atoms with Crippen molar-refractivity contribution in [2.75, 3.05) is 13.7 Å². The molecular weight excluding hydrogens is 369 g/mol. The molecular formula is C23H27NO3P+. The highest BCUT2D eigenvalue weighted by Gasteiger charge is 2.17. The van der Waals surface area contributed by atoms with Crippen LogP contribution in [0.5, 0.6) is 11.5 Å². The molecule has 28 heavy (non-hydrogen) atoms. The van der Waals surface area contributed by atoms with E-state index in [0.29, 0.717) is 11.5 Å². The van der Waals surface area contributed by atoms with Crippen LogP contribution >= 0.6 is 8.17 Å². The van der Waals surface area contributed by atoms with Crippen LogP contribution in [0.2, 0.25) is 0 Å². The Bertz CT molecular complexity index is 735. The van der Waals surface area contributed by atoms with Gasteiger partial charge in [-0.2, -0.15) is 0 Å².